The van der Waals surface area contributed by atoms with Crippen LogP contribution in [0.25, 0.3) is 10.9 Å². The van der Waals surface area contributed by atoms with Crippen LogP contribution in [0.15, 0.2) is 30.3 Å². The van der Waals surface area contributed by atoms with Crippen LogP contribution in [0.3, 0.4) is 0 Å². The first-order valence-corrected chi connectivity index (χ1v) is 10.7. The molecule has 1 aromatic heterocycles. The van der Waals surface area contributed by atoms with Crippen molar-refractivity contribution in [3.63, 3.8) is 0 Å². The quantitative estimate of drug-likeness (QED) is 0.540. The third-order valence-electron chi connectivity index (χ3n) is 6.29. The molecule has 2 aromatic rings. The Morgan fingerprint density at radius 3 is 2.68 bits per heavy atom. The average Bonchev–Trinajstić information content (AvgIpc) is 3.54. The number of benzene rings is 1. The van der Waals surface area contributed by atoms with Gasteiger partial charge in [0.05, 0.1) is 11.1 Å². The molecule has 0 spiro atoms. The maximum Gasteiger partial charge on any atom is 0.270 e. The second-order valence-electron chi connectivity index (χ2n) is 8.31. The minimum absolute atomic E-state index is 0.185. The summed E-state index contributed by atoms with van der Waals surface area (Å²) in [5.41, 5.74) is 8.18. The highest BCUT2D eigenvalue weighted by molar-refractivity contribution is 7.80. The van der Waals surface area contributed by atoms with Gasteiger partial charge in [-0.15, -0.1) is 0 Å². The standard InChI is InChI=1S/C22H28N4OS/c1-13-6-5-9-18(14(13)2)24-22(28)26-25-21(27)17-12-20(15-10-11-15)23-19-8-4-3-7-16(17)19/h3-4,7-8,12-15,18H,5-6,9-11H2,1-2H3,(H,25,27)(H2,24,26,28)/t13-,14+,18+/m0/s1. The first-order chi connectivity index (χ1) is 13.5. The lowest BCUT2D eigenvalue weighted by Gasteiger charge is -2.35. The molecule has 1 aromatic carbocycles. The largest absolute Gasteiger partial charge is 0.358 e. The van der Waals surface area contributed by atoms with E-state index in [1.807, 2.05) is 30.3 Å². The number of rotatable bonds is 3. The topological polar surface area (TPSA) is 66.0 Å². The third-order valence-corrected chi connectivity index (χ3v) is 6.51. The van der Waals surface area contributed by atoms with Gasteiger partial charge in [-0.3, -0.25) is 20.6 Å². The fourth-order valence-electron chi connectivity index (χ4n) is 4.14. The maximum atomic E-state index is 12.9. The molecule has 28 heavy (non-hydrogen) atoms. The second-order valence-corrected chi connectivity index (χ2v) is 8.72. The number of fused-ring (bicyclic) bond motifs is 1. The Morgan fingerprint density at radius 2 is 1.89 bits per heavy atom. The van der Waals surface area contributed by atoms with E-state index < -0.39 is 0 Å². The number of nitrogens with one attached hydrogen (secondary N) is 3. The van der Waals surface area contributed by atoms with Crippen molar-refractivity contribution < 1.29 is 4.79 Å². The Kier molecular flexibility index (Phi) is 5.49. The van der Waals surface area contributed by atoms with E-state index in [-0.39, 0.29) is 5.91 Å². The van der Waals surface area contributed by atoms with E-state index in [0.29, 0.717) is 34.5 Å². The van der Waals surface area contributed by atoms with E-state index in [1.165, 1.54) is 12.8 Å². The molecule has 2 aliphatic carbocycles. The number of hydrogen-bond acceptors (Lipinski definition) is 3. The highest BCUT2D eigenvalue weighted by Crippen LogP contribution is 2.40. The molecule has 3 atom stereocenters. The highest BCUT2D eigenvalue weighted by atomic mass is 32.1. The van der Waals surface area contributed by atoms with E-state index >= 15 is 0 Å². The number of aromatic nitrogens is 1. The molecule has 1 amide bonds. The van der Waals surface area contributed by atoms with E-state index in [9.17, 15) is 4.79 Å². The van der Waals surface area contributed by atoms with E-state index in [1.54, 1.807) is 0 Å². The molecule has 148 valence electrons. The molecule has 5 nitrogen and oxygen atoms in total. The van der Waals surface area contributed by atoms with Crippen molar-refractivity contribution in [2.75, 3.05) is 0 Å². The Hall–Kier alpha value is -2.21. The Morgan fingerprint density at radius 1 is 1.11 bits per heavy atom. The van der Waals surface area contributed by atoms with E-state index in [0.717, 1.165) is 35.9 Å². The van der Waals surface area contributed by atoms with Crippen molar-refractivity contribution in [3.8, 4) is 0 Å². The number of para-hydroxylation sites is 1. The monoisotopic (exact) mass is 396 g/mol. The Labute approximate surface area is 171 Å². The van der Waals surface area contributed by atoms with Gasteiger partial charge in [-0.2, -0.15) is 0 Å². The van der Waals surface area contributed by atoms with Crippen LogP contribution in [0.5, 0.6) is 0 Å². The SMILES string of the molecule is C[C@@H]1[C@@H](C)CCC[C@H]1NC(=S)NNC(=O)c1cc(C2CC2)nc2ccccc12. The fourth-order valence-corrected chi connectivity index (χ4v) is 4.35. The number of carbonyl (C=O) groups excluding carboxylic acids is 1. The van der Waals surface area contributed by atoms with E-state index in [2.05, 4.69) is 30.0 Å². The Bertz CT molecular complexity index is 895. The van der Waals surface area contributed by atoms with Crippen molar-refractivity contribution in [3.05, 3.63) is 41.6 Å². The summed E-state index contributed by atoms with van der Waals surface area (Å²) in [6.45, 7) is 4.56. The van der Waals surface area contributed by atoms with Gasteiger partial charge in [-0.05, 0) is 55.4 Å². The minimum Gasteiger partial charge on any atom is -0.358 e. The number of pyridine rings is 1. The minimum atomic E-state index is -0.185. The predicted octanol–water partition coefficient (Wildman–Crippen LogP) is 4.05. The van der Waals surface area contributed by atoms with Crippen LogP contribution in [0.4, 0.5) is 0 Å². The lowest BCUT2D eigenvalue weighted by Crippen LogP contribution is -2.52. The number of nitrogens with zero attached hydrogens (tertiary/aromatic N) is 1. The van der Waals surface area contributed by atoms with Crippen LogP contribution in [-0.2, 0) is 0 Å². The van der Waals surface area contributed by atoms with Crippen LogP contribution in [0, 0.1) is 11.8 Å². The normalized spacial score (nSPS) is 24.6. The summed E-state index contributed by atoms with van der Waals surface area (Å²) in [5, 5.41) is 4.71. The third kappa shape index (κ3) is 4.12. The van der Waals surface area contributed by atoms with Gasteiger partial charge < -0.3 is 5.32 Å². The fraction of sp³-hybridized carbons (Fsp3) is 0.500. The zero-order chi connectivity index (χ0) is 19.7. The van der Waals surface area contributed by atoms with Gasteiger partial charge in [0.25, 0.3) is 5.91 Å². The predicted molar refractivity (Wildman–Crippen MR) is 116 cm³/mol. The van der Waals surface area contributed by atoms with Crippen LogP contribution in [0.1, 0.15) is 67.9 Å². The highest BCUT2D eigenvalue weighted by Gasteiger charge is 2.28. The number of carbonyl (C=O) groups is 1. The molecule has 2 fully saturated rings. The molecule has 0 radical (unpaired) electrons. The van der Waals surface area contributed by atoms with Gasteiger partial charge in [0.15, 0.2) is 5.11 Å². The average molecular weight is 397 g/mol. The van der Waals surface area contributed by atoms with Crippen molar-refractivity contribution in [2.24, 2.45) is 11.8 Å². The van der Waals surface area contributed by atoms with Crippen LogP contribution in [-0.4, -0.2) is 22.0 Å². The van der Waals surface area contributed by atoms with E-state index in [4.69, 9.17) is 17.2 Å². The molecule has 3 N–H and O–H groups in total. The molecular weight excluding hydrogens is 368 g/mol. The van der Waals surface area contributed by atoms with Crippen LogP contribution in [0.2, 0.25) is 0 Å². The second kappa shape index (κ2) is 8.03. The van der Waals surface area contributed by atoms with Crippen molar-refractivity contribution >= 4 is 34.1 Å². The van der Waals surface area contributed by atoms with Crippen LogP contribution >= 0.6 is 12.2 Å². The zero-order valence-electron chi connectivity index (χ0n) is 16.5. The number of hydrazine groups is 1. The summed E-state index contributed by atoms with van der Waals surface area (Å²) in [6.07, 6.45) is 5.90. The lowest BCUT2D eigenvalue weighted by atomic mass is 9.78. The molecule has 0 saturated heterocycles. The molecule has 4 rings (SSSR count). The summed E-state index contributed by atoms with van der Waals surface area (Å²) in [4.78, 5) is 17.6. The first-order valence-electron chi connectivity index (χ1n) is 10.3. The molecule has 2 saturated carbocycles. The van der Waals surface area contributed by atoms with Gasteiger partial charge in [-0.25, -0.2) is 0 Å². The summed E-state index contributed by atoms with van der Waals surface area (Å²) >= 11 is 5.42. The maximum absolute atomic E-state index is 12.9. The van der Waals surface area contributed by atoms with Crippen LogP contribution < -0.4 is 16.2 Å². The number of hydrogen-bond donors (Lipinski definition) is 3. The summed E-state index contributed by atoms with van der Waals surface area (Å²) in [5.74, 6) is 1.55. The van der Waals surface area contributed by atoms with Gasteiger partial charge in [0.1, 0.15) is 0 Å². The Balaban J connectivity index is 1.43. The molecule has 1 heterocycles. The van der Waals surface area contributed by atoms with Crippen molar-refractivity contribution in [1.82, 2.24) is 21.2 Å². The number of amides is 1. The van der Waals surface area contributed by atoms with Gasteiger partial charge in [-0.1, -0.05) is 44.9 Å². The summed E-state index contributed by atoms with van der Waals surface area (Å²) < 4.78 is 0. The van der Waals surface area contributed by atoms with Gasteiger partial charge >= 0.3 is 0 Å². The molecular formula is C22H28N4OS. The number of thiocarbonyl (C=S) groups is 1. The zero-order valence-corrected chi connectivity index (χ0v) is 17.3. The molecule has 2 aliphatic rings. The lowest BCUT2D eigenvalue weighted by molar-refractivity contribution is 0.0944. The molecule has 0 bridgehead atoms. The van der Waals surface area contributed by atoms with Crippen molar-refractivity contribution in [2.45, 2.75) is 57.9 Å². The summed E-state index contributed by atoms with van der Waals surface area (Å²) in [6, 6.07) is 10.1. The van der Waals surface area contributed by atoms with Crippen molar-refractivity contribution in [1.29, 1.82) is 0 Å². The summed E-state index contributed by atoms with van der Waals surface area (Å²) in [7, 11) is 0. The molecule has 0 aliphatic heterocycles. The van der Waals surface area contributed by atoms with Gasteiger partial charge in [0.2, 0.25) is 0 Å². The smallest absolute Gasteiger partial charge is 0.270 e. The van der Waals surface area contributed by atoms with Gasteiger partial charge in [0, 0.05) is 23.0 Å². The molecule has 0 unspecified atom stereocenters. The molecule has 6 heteroatoms. The first kappa shape index (κ1) is 19.1.